The lowest BCUT2D eigenvalue weighted by molar-refractivity contribution is -0.118. The predicted octanol–water partition coefficient (Wildman–Crippen LogP) is 2.27. The Labute approximate surface area is 174 Å². The molecule has 0 aliphatic rings. The van der Waals surface area contributed by atoms with Crippen molar-refractivity contribution in [3.63, 3.8) is 0 Å². The minimum Gasteiger partial charge on any atom is -0.384 e. The number of nitrogens with zero attached hydrogens (tertiary/aromatic N) is 1. The summed E-state index contributed by atoms with van der Waals surface area (Å²) in [6.45, 7) is 2.13. The molecule has 30 heavy (non-hydrogen) atoms. The van der Waals surface area contributed by atoms with E-state index >= 15 is 0 Å². The van der Waals surface area contributed by atoms with Crippen LogP contribution >= 0.6 is 0 Å². The maximum Gasteiger partial charge on any atom is 0.326 e. The zero-order valence-corrected chi connectivity index (χ0v) is 17.6. The van der Waals surface area contributed by atoms with Gasteiger partial charge in [0.05, 0.1) is 28.5 Å². The van der Waals surface area contributed by atoms with Gasteiger partial charge in [-0.2, -0.15) is 0 Å². The lowest BCUT2D eigenvalue weighted by Crippen LogP contribution is -2.38. The molecule has 4 N–H and O–H groups in total. The second-order valence-corrected chi connectivity index (χ2v) is 8.51. The van der Waals surface area contributed by atoms with Crippen molar-refractivity contribution in [2.24, 2.45) is 0 Å². The molecule has 0 saturated carbocycles. The molecule has 0 aliphatic heterocycles. The van der Waals surface area contributed by atoms with E-state index in [2.05, 4.69) is 21.3 Å². The molecule has 0 atom stereocenters. The smallest absolute Gasteiger partial charge is 0.326 e. The fraction of sp³-hybridized carbons (Fsp3) is 0.263. The van der Waals surface area contributed by atoms with Crippen LogP contribution in [0.5, 0.6) is 0 Å². The molecule has 0 aliphatic carbocycles. The highest BCUT2D eigenvalue weighted by atomic mass is 32.2. The normalized spacial score (nSPS) is 11.1. The van der Waals surface area contributed by atoms with Crippen molar-refractivity contribution < 1.29 is 22.4 Å². The van der Waals surface area contributed by atoms with Crippen LogP contribution in [0.25, 0.3) is 0 Å². The van der Waals surface area contributed by atoms with Gasteiger partial charge in [0.15, 0.2) is 0 Å². The number of rotatable bonds is 8. The quantitative estimate of drug-likeness (QED) is 0.503. The molecule has 3 amide bonds. The number of halogens is 1. The van der Waals surface area contributed by atoms with E-state index < -0.39 is 27.8 Å². The second kappa shape index (κ2) is 10.0. The van der Waals surface area contributed by atoms with E-state index in [9.17, 15) is 22.4 Å². The number of amides is 3. The molecule has 2 rings (SSSR count). The van der Waals surface area contributed by atoms with Gasteiger partial charge in [-0.3, -0.25) is 10.1 Å². The van der Waals surface area contributed by atoms with Gasteiger partial charge in [0.25, 0.3) is 0 Å². The fourth-order valence-electron chi connectivity index (χ4n) is 2.45. The zero-order valence-electron chi connectivity index (χ0n) is 16.8. The van der Waals surface area contributed by atoms with Crippen LogP contribution in [0.1, 0.15) is 6.92 Å². The van der Waals surface area contributed by atoms with Gasteiger partial charge in [-0.25, -0.2) is 21.9 Å². The highest BCUT2D eigenvalue weighted by molar-refractivity contribution is 7.89. The molecular weight excluding hydrogens is 413 g/mol. The Bertz CT molecular complexity index is 1030. The van der Waals surface area contributed by atoms with E-state index in [4.69, 9.17) is 0 Å². The summed E-state index contributed by atoms with van der Waals surface area (Å²) in [5.74, 6) is -1.32. The molecular formula is C19H24FN5O4S. The number of anilines is 3. The summed E-state index contributed by atoms with van der Waals surface area (Å²) in [6.07, 6.45) is 0. The summed E-state index contributed by atoms with van der Waals surface area (Å²) >= 11 is 0. The number of carbonyl (C=O) groups excluding carboxylic acids is 2. The van der Waals surface area contributed by atoms with Gasteiger partial charge >= 0.3 is 6.03 Å². The van der Waals surface area contributed by atoms with Crippen molar-refractivity contribution in [1.29, 1.82) is 0 Å². The second-order valence-electron chi connectivity index (χ2n) is 6.36. The zero-order chi connectivity index (χ0) is 22.3. The molecule has 0 saturated heterocycles. The monoisotopic (exact) mass is 437 g/mol. The van der Waals surface area contributed by atoms with E-state index in [-0.39, 0.29) is 17.1 Å². The van der Waals surface area contributed by atoms with E-state index in [1.165, 1.54) is 44.4 Å². The molecule has 0 aromatic heterocycles. The Balaban J connectivity index is 2.06. The van der Waals surface area contributed by atoms with Crippen LogP contribution in [0.2, 0.25) is 0 Å². The maximum absolute atomic E-state index is 13.6. The van der Waals surface area contributed by atoms with Crippen LogP contribution in [-0.2, 0) is 14.8 Å². The lowest BCUT2D eigenvalue weighted by atomic mass is 10.2. The molecule has 2 aromatic carbocycles. The Morgan fingerprint density at radius 1 is 1.00 bits per heavy atom. The van der Waals surface area contributed by atoms with Gasteiger partial charge in [-0.05, 0) is 37.3 Å². The van der Waals surface area contributed by atoms with Crippen molar-refractivity contribution in [1.82, 2.24) is 9.62 Å². The molecule has 0 radical (unpaired) electrons. The van der Waals surface area contributed by atoms with Gasteiger partial charge < -0.3 is 16.0 Å². The Morgan fingerprint density at radius 3 is 2.33 bits per heavy atom. The van der Waals surface area contributed by atoms with Crippen LogP contribution in [0.15, 0.2) is 47.4 Å². The first-order valence-corrected chi connectivity index (χ1v) is 10.5. The first kappa shape index (κ1) is 23.1. The van der Waals surface area contributed by atoms with Gasteiger partial charge in [0, 0.05) is 20.6 Å². The van der Waals surface area contributed by atoms with E-state index in [0.29, 0.717) is 17.9 Å². The number of para-hydroxylation sites is 1. The molecule has 162 valence electrons. The number of sulfonamides is 1. The number of hydrogen-bond acceptors (Lipinski definition) is 6. The molecule has 0 fully saturated rings. The van der Waals surface area contributed by atoms with E-state index in [0.717, 1.165) is 4.31 Å². The van der Waals surface area contributed by atoms with Gasteiger partial charge in [-0.1, -0.05) is 12.1 Å². The van der Waals surface area contributed by atoms with Crippen molar-refractivity contribution in [2.45, 2.75) is 11.8 Å². The number of carbonyl (C=O) groups is 2. The van der Waals surface area contributed by atoms with E-state index in [1.807, 2.05) is 6.92 Å². The van der Waals surface area contributed by atoms with Gasteiger partial charge in [0.1, 0.15) is 5.82 Å². The number of urea groups is 1. The Kier molecular flexibility index (Phi) is 7.72. The summed E-state index contributed by atoms with van der Waals surface area (Å²) < 4.78 is 39.4. The van der Waals surface area contributed by atoms with Crippen LogP contribution in [0, 0.1) is 5.82 Å². The average Bonchev–Trinajstić information content (AvgIpc) is 2.69. The third kappa shape index (κ3) is 5.91. The van der Waals surface area contributed by atoms with Crippen molar-refractivity contribution in [2.75, 3.05) is 43.1 Å². The minimum atomic E-state index is -3.66. The van der Waals surface area contributed by atoms with E-state index in [1.54, 1.807) is 12.1 Å². The molecule has 0 bridgehead atoms. The van der Waals surface area contributed by atoms with Crippen molar-refractivity contribution in [3.8, 4) is 0 Å². The Hall–Kier alpha value is -3.18. The summed E-state index contributed by atoms with van der Waals surface area (Å²) in [6, 6.07) is 9.11. The predicted molar refractivity (Wildman–Crippen MR) is 114 cm³/mol. The molecule has 0 heterocycles. The maximum atomic E-state index is 13.6. The summed E-state index contributed by atoms with van der Waals surface area (Å²) in [7, 11) is -0.824. The first-order chi connectivity index (χ1) is 14.1. The number of hydrogen-bond donors (Lipinski definition) is 4. The average molecular weight is 437 g/mol. The highest BCUT2D eigenvalue weighted by Gasteiger charge is 2.19. The lowest BCUT2D eigenvalue weighted by Gasteiger charge is -2.17. The Morgan fingerprint density at radius 2 is 1.70 bits per heavy atom. The summed E-state index contributed by atoms with van der Waals surface area (Å²) in [5.41, 5.74) is 0.912. The van der Waals surface area contributed by atoms with Crippen molar-refractivity contribution in [3.05, 3.63) is 48.3 Å². The first-order valence-electron chi connectivity index (χ1n) is 9.04. The molecule has 0 spiro atoms. The van der Waals surface area contributed by atoms with Crippen molar-refractivity contribution >= 4 is 39.0 Å². The number of imide groups is 1. The number of nitrogens with one attached hydrogen (secondary N) is 4. The fourth-order valence-corrected chi connectivity index (χ4v) is 3.38. The largest absolute Gasteiger partial charge is 0.384 e. The third-order valence-electron chi connectivity index (χ3n) is 3.95. The molecule has 0 unspecified atom stereocenters. The topological polar surface area (TPSA) is 120 Å². The highest BCUT2D eigenvalue weighted by Crippen LogP contribution is 2.26. The molecule has 2 aromatic rings. The van der Waals surface area contributed by atoms with Crippen LogP contribution < -0.4 is 21.3 Å². The minimum absolute atomic E-state index is 0.0503. The molecule has 9 nitrogen and oxygen atoms in total. The summed E-state index contributed by atoms with van der Waals surface area (Å²) in [5, 5.41) is 10.2. The third-order valence-corrected chi connectivity index (χ3v) is 5.76. The van der Waals surface area contributed by atoms with Gasteiger partial charge in [0.2, 0.25) is 15.9 Å². The van der Waals surface area contributed by atoms with Gasteiger partial charge in [-0.15, -0.1) is 0 Å². The van der Waals surface area contributed by atoms with Crippen LogP contribution in [0.3, 0.4) is 0 Å². The molecule has 11 heteroatoms. The summed E-state index contributed by atoms with van der Waals surface area (Å²) in [4.78, 5) is 24.0. The SMILES string of the molecule is CCNc1ccc(S(=O)(=O)N(C)C)cc1NCC(=O)NC(=O)Nc1ccccc1F. The van der Waals surface area contributed by atoms with Crippen LogP contribution in [-0.4, -0.2) is 51.8 Å². The van der Waals surface area contributed by atoms with Crippen LogP contribution in [0.4, 0.5) is 26.2 Å². The number of benzene rings is 2. The standard InChI is InChI=1S/C19H24FN5O4S/c1-4-21-16-10-9-13(30(28,29)25(2)3)11-17(16)22-12-18(26)24-19(27)23-15-8-6-5-7-14(15)20/h5-11,21-22H,4,12H2,1-3H3,(H2,23,24,26,27).